The number of amides is 1. The number of rotatable bonds is 4. The molecule has 2 N–H and O–H groups in total. The van der Waals surface area contributed by atoms with E-state index in [1.54, 1.807) is 0 Å². The van der Waals surface area contributed by atoms with Crippen LogP contribution in [0.5, 0.6) is 0 Å². The molecule has 1 aliphatic rings. The van der Waals surface area contributed by atoms with E-state index in [0.717, 1.165) is 25.4 Å². The largest absolute Gasteiger partial charge is 0.444 e. The summed E-state index contributed by atoms with van der Waals surface area (Å²) in [6.45, 7) is 8.58. The maximum absolute atomic E-state index is 11.2. The minimum atomic E-state index is -0.401. The number of hydrogen-bond acceptors (Lipinski definition) is 3. The minimum absolute atomic E-state index is 0. The second-order valence-electron chi connectivity index (χ2n) is 5.10. The molecule has 0 radical (unpaired) electrons. The van der Waals surface area contributed by atoms with Crippen LogP contribution in [-0.2, 0) is 4.74 Å². The second-order valence-corrected chi connectivity index (χ2v) is 5.10. The average Bonchev–Trinajstić information content (AvgIpc) is 1.96. The summed E-state index contributed by atoms with van der Waals surface area (Å²) < 4.78 is 5.12. The molecule has 0 spiro atoms. The van der Waals surface area contributed by atoms with Gasteiger partial charge in [0.05, 0.1) is 0 Å². The molecule has 1 aliphatic heterocycles. The molecule has 0 aromatic rings. The molecule has 0 bridgehead atoms. The van der Waals surface area contributed by atoms with Gasteiger partial charge in [-0.2, -0.15) is 0 Å². The van der Waals surface area contributed by atoms with E-state index >= 15 is 0 Å². The summed E-state index contributed by atoms with van der Waals surface area (Å²) in [7, 11) is 0. The van der Waals surface area contributed by atoms with Gasteiger partial charge in [-0.3, -0.25) is 0 Å². The maximum Gasteiger partial charge on any atom is 0.407 e. The first kappa shape index (κ1) is 15.5. The van der Waals surface area contributed by atoms with Crippen molar-refractivity contribution in [1.82, 2.24) is 10.6 Å². The van der Waals surface area contributed by atoms with Crippen molar-refractivity contribution >= 4 is 18.5 Å². The summed E-state index contributed by atoms with van der Waals surface area (Å²) in [5.74, 6) is 0.811. The molecule has 1 rings (SSSR count). The van der Waals surface area contributed by atoms with Gasteiger partial charge >= 0.3 is 6.09 Å². The van der Waals surface area contributed by atoms with Crippen LogP contribution in [0.1, 0.15) is 33.6 Å². The summed E-state index contributed by atoms with van der Waals surface area (Å²) in [6, 6.07) is 0. The number of nitrogens with one attached hydrogen (secondary N) is 2. The molecule has 0 aromatic heterocycles. The molecule has 5 heteroatoms. The Morgan fingerprint density at radius 2 is 2.06 bits per heavy atom. The molecular formula is C11H23ClN2O2. The molecule has 1 heterocycles. The Hall–Kier alpha value is -0.480. The number of ether oxygens (including phenoxy) is 1. The fourth-order valence-electron chi connectivity index (χ4n) is 1.45. The van der Waals surface area contributed by atoms with Gasteiger partial charge in [-0.15, -0.1) is 12.4 Å². The number of halogens is 1. The van der Waals surface area contributed by atoms with E-state index in [1.165, 1.54) is 6.42 Å². The third-order valence-electron chi connectivity index (χ3n) is 2.32. The predicted molar refractivity (Wildman–Crippen MR) is 67.1 cm³/mol. The summed E-state index contributed by atoms with van der Waals surface area (Å²) >= 11 is 0. The van der Waals surface area contributed by atoms with Gasteiger partial charge < -0.3 is 15.4 Å². The van der Waals surface area contributed by atoms with Crippen LogP contribution in [0.25, 0.3) is 0 Å². The smallest absolute Gasteiger partial charge is 0.407 e. The number of carbonyl (C=O) groups is 1. The zero-order valence-electron chi connectivity index (χ0n) is 10.3. The van der Waals surface area contributed by atoms with Crippen LogP contribution in [-0.4, -0.2) is 31.3 Å². The second kappa shape index (κ2) is 6.97. The topological polar surface area (TPSA) is 50.4 Å². The van der Waals surface area contributed by atoms with Gasteiger partial charge in [0.2, 0.25) is 0 Å². The van der Waals surface area contributed by atoms with Crippen LogP contribution < -0.4 is 10.6 Å². The Morgan fingerprint density at radius 1 is 1.44 bits per heavy atom. The van der Waals surface area contributed by atoms with Gasteiger partial charge in [-0.05, 0) is 52.6 Å². The molecule has 1 fully saturated rings. The SMILES string of the molecule is CC(C)(C)OC(=O)NCCCC1CNC1.Cl. The van der Waals surface area contributed by atoms with Crippen molar-refractivity contribution in [3.8, 4) is 0 Å². The van der Waals surface area contributed by atoms with Crippen LogP contribution in [0.15, 0.2) is 0 Å². The van der Waals surface area contributed by atoms with Crippen molar-refractivity contribution in [3.05, 3.63) is 0 Å². The number of hydrogen-bond donors (Lipinski definition) is 2. The van der Waals surface area contributed by atoms with Gasteiger partial charge in [0.15, 0.2) is 0 Å². The highest BCUT2D eigenvalue weighted by Gasteiger charge is 2.17. The molecule has 0 aliphatic carbocycles. The lowest BCUT2D eigenvalue weighted by Gasteiger charge is -2.27. The van der Waals surface area contributed by atoms with Crippen LogP contribution in [0, 0.1) is 5.92 Å². The average molecular weight is 251 g/mol. The molecule has 0 atom stereocenters. The van der Waals surface area contributed by atoms with E-state index in [-0.39, 0.29) is 18.5 Å². The van der Waals surface area contributed by atoms with E-state index in [0.29, 0.717) is 6.54 Å². The van der Waals surface area contributed by atoms with Crippen molar-refractivity contribution in [1.29, 1.82) is 0 Å². The summed E-state index contributed by atoms with van der Waals surface area (Å²) in [5.41, 5.74) is -0.401. The monoisotopic (exact) mass is 250 g/mol. The van der Waals surface area contributed by atoms with Crippen LogP contribution in [0.3, 0.4) is 0 Å². The molecule has 4 nitrogen and oxygen atoms in total. The third kappa shape index (κ3) is 6.90. The Kier molecular flexibility index (Phi) is 6.76. The van der Waals surface area contributed by atoms with E-state index in [9.17, 15) is 4.79 Å². The summed E-state index contributed by atoms with van der Waals surface area (Å²) in [6.07, 6.45) is 1.91. The molecule has 16 heavy (non-hydrogen) atoms. The lowest BCUT2D eigenvalue weighted by molar-refractivity contribution is 0.0526. The molecule has 0 saturated carbocycles. The Balaban J connectivity index is 0.00000225. The van der Waals surface area contributed by atoms with E-state index in [1.807, 2.05) is 20.8 Å². The summed E-state index contributed by atoms with van der Waals surface area (Å²) in [5, 5.41) is 5.99. The highest BCUT2D eigenvalue weighted by molar-refractivity contribution is 5.85. The molecule has 0 aromatic carbocycles. The van der Waals surface area contributed by atoms with Gasteiger partial charge in [0, 0.05) is 6.54 Å². The van der Waals surface area contributed by atoms with Crippen LogP contribution >= 0.6 is 12.4 Å². The quantitative estimate of drug-likeness (QED) is 0.750. The van der Waals surface area contributed by atoms with Crippen molar-refractivity contribution in [3.63, 3.8) is 0 Å². The fourth-order valence-corrected chi connectivity index (χ4v) is 1.45. The molecule has 96 valence electrons. The van der Waals surface area contributed by atoms with Crippen LogP contribution in [0.4, 0.5) is 4.79 Å². The van der Waals surface area contributed by atoms with Gasteiger partial charge in [-0.25, -0.2) is 4.79 Å². The molecular weight excluding hydrogens is 228 g/mol. The van der Waals surface area contributed by atoms with E-state index < -0.39 is 5.60 Å². The Labute approximate surface area is 104 Å². The van der Waals surface area contributed by atoms with Crippen molar-refractivity contribution in [2.75, 3.05) is 19.6 Å². The highest BCUT2D eigenvalue weighted by Crippen LogP contribution is 2.10. The minimum Gasteiger partial charge on any atom is -0.444 e. The lowest BCUT2D eigenvalue weighted by atomic mass is 9.98. The van der Waals surface area contributed by atoms with Gasteiger partial charge in [0.25, 0.3) is 0 Å². The zero-order valence-corrected chi connectivity index (χ0v) is 11.2. The number of carbonyl (C=O) groups excluding carboxylic acids is 1. The van der Waals surface area contributed by atoms with Crippen LogP contribution in [0.2, 0.25) is 0 Å². The van der Waals surface area contributed by atoms with Crippen molar-refractivity contribution in [2.24, 2.45) is 5.92 Å². The lowest BCUT2D eigenvalue weighted by Crippen LogP contribution is -2.42. The zero-order chi connectivity index (χ0) is 11.3. The van der Waals surface area contributed by atoms with Gasteiger partial charge in [0.1, 0.15) is 5.60 Å². The normalized spacial score (nSPS) is 15.9. The predicted octanol–water partition coefficient (Wildman–Crippen LogP) is 1.93. The fraction of sp³-hybridized carbons (Fsp3) is 0.909. The standard InChI is InChI=1S/C11H22N2O2.ClH/c1-11(2,3)15-10(14)13-6-4-5-9-7-12-8-9;/h9,12H,4-8H2,1-3H3,(H,13,14);1H. The van der Waals surface area contributed by atoms with Crippen molar-refractivity contribution in [2.45, 2.75) is 39.2 Å². The Bertz CT molecular complexity index is 213. The summed E-state index contributed by atoms with van der Waals surface area (Å²) in [4.78, 5) is 11.2. The number of alkyl carbamates (subject to hydrolysis) is 1. The first-order chi connectivity index (χ1) is 6.97. The van der Waals surface area contributed by atoms with Crippen molar-refractivity contribution < 1.29 is 9.53 Å². The van der Waals surface area contributed by atoms with Gasteiger partial charge in [-0.1, -0.05) is 0 Å². The van der Waals surface area contributed by atoms with E-state index in [2.05, 4.69) is 10.6 Å². The maximum atomic E-state index is 11.2. The molecule has 1 amide bonds. The Morgan fingerprint density at radius 3 is 2.50 bits per heavy atom. The first-order valence-corrected chi connectivity index (χ1v) is 5.65. The first-order valence-electron chi connectivity index (χ1n) is 5.65. The molecule has 0 unspecified atom stereocenters. The molecule has 1 saturated heterocycles. The third-order valence-corrected chi connectivity index (χ3v) is 2.32. The van der Waals surface area contributed by atoms with E-state index in [4.69, 9.17) is 4.74 Å². The highest BCUT2D eigenvalue weighted by atomic mass is 35.5.